The van der Waals surface area contributed by atoms with Crippen LogP contribution in [0.5, 0.6) is 5.75 Å². The quantitative estimate of drug-likeness (QED) is 0.948. The van der Waals surface area contributed by atoms with E-state index in [9.17, 15) is 4.79 Å². The molecule has 0 radical (unpaired) electrons. The van der Waals surface area contributed by atoms with Gasteiger partial charge in [-0.1, -0.05) is 22.0 Å². The van der Waals surface area contributed by atoms with E-state index in [0.29, 0.717) is 17.1 Å². The Hall–Kier alpha value is -1.88. The molecule has 5 heteroatoms. The fraction of sp³-hybridized carbons (Fsp3) is 0.0769. The molecule has 2 rings (SSSR count). The summed E-state index contributed by atoms with van der Waals surface area (Å²) in [6.07, 6.45) is 1.62. The van der Waals surface area contributed by atoms with Crippen LogP contribution >= 0.6 is 15.9 Å². The first-order valence-corrected chi connectivity index (χ1v) is 6.06. The van der Waals surface area contributed by atoms with Crippen molar-refractivity contribution in [3.05, 3.63) is 52.6 Å². The maximum atomic E-state index is 12.1. The second kappa shape index (κ2) is 5.64. The number of carbonyl (C=O) groups excluding carboxylic acids is 1. The molecule has 0 saturated carbocycles. The summed E-state index contributed by atoms with van der Waals surface area (Å²) in [6.45, 7) is 0. The monoisotopic (exact) mass is 306 g/mol. The number of amides is 1. The molecule has 2 aromatic rings. The van der Waals surface area contributed by atoms with Gasteiger partial charge in [0.05, 0.1) is 12.7 Å². The molecule has 0 spiro atoms. The highest BCUT2D eigenvalue weighted by Gasteiger charge is 2.12. The van der Waals surface area contributed by atoms with Gasteiger partial charge < -0.3 is 10.1 Å². The number of methoxy groups -OCH3 is 1. The van der Waals surface area contributed by atoms with Crippen molar-refractivity contribution >= 4 is 27.7 Å². The van der Waals surface area contributed by atoms with Crippen LogP contribution in [0.15, 0.2) is 47.1 Å². The zero-order valence-electron chi connectivity index (χ0n) is 9.68. The van der Waals surface area contributed by atoms with E-state index < -0.39 is 0 Å². The summed E-state index contributed by atoms with van der Waals surface area (Å²) in [5.74, 6) is 0.767. The lowest BCUT2D eigenvalue weighted by Crippen LogP contribution is -2.13. The molecule has 0 atom stereocenters. The summed E-state index contributed by atoms with van der Waals surface area (Å²) >= 11 is 3.33. The second-order valence-electron chi connectivity index (χ2n) is 3.51. The van der Waals surface area contributed by atoms with Crippen LogP contribution in [0.2, 0.25) is 0 Å². The Morgan fingerprint density at radius 2 is 2.17 bits per heavy atom. The van der Waals surface area contributed by atoms with E-state index in [0.717, 1.165) is 4.47 Å². The smallest absolute Gasteiger partial charge is 0.260 e. The number of hydrogen-bond donors (Lipinski definition) is 1. The zero-order chi connectivity index (χ0) is 13.0. The Morgan fingerprint density at radius 1 is 1.33 bits per heavy atom. The van der Waals surface area contributed by atoms with Crippen molar-refractivity contribution < 1.29 is 9.53 Å². The first kappa shape index (κ1) is 12.6. The van der Waals surface area contributed by atoms with E-state index in [1.54, 1.807) is 42.6 Å². The van der Waals surface area contributed by atoms with E-state index in [1.165, 1.54) is 7.11 Å². The Labute approximate surface area is 113 Å². The Morgan fingerprint density at radius 3 is 2.83 bits per heavy atom. The number of pyridine rings is 1. The molecule has 4 nitrogen and oxygen atoms in total. The minimum Gasteiger partial charge on any atom is -0.496 e. The van der Waals surface area contributed by atoms with Gasteiger partial charge in [0, 0.05) is 10.7 Å². The van der Waals surface area contributed by atoms with Gasteiger partial charge in [0.1, 0.15) is 11.6 Å². The number of benzene rings is 1. The third-order valence-electron chi connectivity index (χ3n) is 2.31. The number of rotatable bonds is 3. The standard InChI is InChI=1S/C13H11BrN2O2/c1-18-11-8-9(14)5-6-10(11)13(17)16-12-4-2-3-7-15-12/h2-8H,1H3,(H,15,16,17). The van der Waals surface area contributed by atoms with Crippen LogP contribution in [0.25, 0.3) is 0 Å². The SMILES string of the molecule is COc1cc(Br)ccc1C(=O)Nc1ccccn1. The van der Waals surface area contributed by atoms with Gasteiger partial charge in [-0.3, -0.25) is 4.79 Å². The molecular weight excluding hydrogens is 296 g/mol. The molecule has 1 heterocycles. The number of nitrogens with one attached hydrogen (secondary N) is 1. The van der Waals surface area contributed by atoms with E-state index in [2.05, 4.69) is 26.2 Å². The Kier molecular flexibility index (Phi) is 3.94. The molecule has 0 aliphatic rings. The number of nitrogens with zero attached hydrogens (tertiary/aromatic N) is 1. The van der Waals surface area contributed by atoms with E-state index in [-0.39, 0.29) is 5.91 Å². The summed E-state index contributed by atoms with van der Waals surface area (Å²) in [5, 5.41) is 2.71. The Bertz CT molecular complexity index is 558. The molecule has 1 aromatic carbocycles. The maximum Gasteiger partial charge on any atom is 0.260 e. The molecule has 0 unspecified atom stereocenters. The lowest BCUT2D eigenvalue weighted by atomic mass is 10.2. The van der Waals surface area contributed by atoms with Crippen molar-refractivity contribution in [3.63, 3.8) is 0 Å². The average Bonchev–Trinajstić information content (AvgIpc) is 2.39. The van der Waals surface area contributed by atoms with Crippen LogP contribution in [0, 0.1) is 0 Å². The number of anilines is 1. The fourth-order valence-corrected chi connectivity index (χ4v) is 1.81. The zero-order valence-corrected chi connectivity index (χ0v) is 11.3. The van der Waals surface area contributed by atoms with Crippen molar-refractivity contribution in [2.45, 2.75) is 0 Å². The first-order chi connectivity index (χ1) is 8.70. The van der Waals surface area contributed by atoms with E-state index in [1.807, 2.05) is 0 Å². The molecule has 0 aliphatic carbocycles. The van der Waals surface area contributed by atoms with Gasteiger partial charge in [-0.15, -0.1) is 0 Å². The van der Waals surface area contributed by atoms with Gasteiger partial charge in [0.25, 0.3) is 5.91 Å². The molecule has 0 fully saturated rings. The second-order valence-corrected chi connectivity index (χ2v) is 4.43. The van der Waals surface area contributed by atoms with Crippen LogP contribution < -0.4 is 10.1 Å². The Balaban J connectivity index is 2.24. The predicted molar refractivity (Wildman–Crippen MR) is 72.9 cm³/mol. The largest absolute Gasteiger partial charge is 0.496 e. The lowest BCUT2D eigenvalue weighted by Gasteiger charge is -2.09. The van der Waals surface area contributed by atoms with E-state index in [4.69, 9.17) is 4.74 Å². The highest BCUT2D eigenvalue weighted by atomic mass is 79.9. The average molecular weight is 307 g/mol. The van der Waals surface area contributed by atoms with Crippen molar-refractivity contribution in [3.8, 4) is 5.75 Å². The molecular formula is C13H11BrN2O2. The van der Waals surface area contributed by atoms with Crippen molar-refractivity contribution in [1.29, 1.82) is 0 Å². The highest BCUT2D eigenvalue weighted by molar-refractivity contribution is 9.10. The molecule has 0 bridgehead atoms. The molecule has 1 N–H and O–H groups in total. The van der Waals surface area contributed by atoms with Crippen LogP contribution in [0.3, 0.4) is 0 Å². The topological polar surface area (TPSA) is 51.2 Å². The first-order valence-electron chi connectivity index (χ1n) is 5.26. The summed E-state index contributed by atoms with van der Waals surface area (Å²) < 4.78 is 6.03. The van der Waals surface area contributed by atoms with Crippen LogP contribution in [0.4, 0.5) is 5.82 Å². The third-order valence-corrected chi connectivity index (χ3v) is 2.81. The van der Waals surface area contributed by atoms with Crippen molar-refractivity contribution in [2.75, 3.05) is 12.4 Å². The summed E-state index contributed by atoms with van der Waals surface area (Å²) in [7, 11) is 1.53. The number of ether oxygens (including phenoxy) is 1. The summed E-state index contributed by atoms with van der Waals surface area (Å²) in [5.41, 5.74) is 0.464. The van der Waals surface area contributed by atoms with Crippen molar-refractivity contribution in [2.24, 2.45) is 0 Å². The minimum atomic E-state index is -0.252. The van der Waals surface area contributed by atoms with E-state index >= 15 is 0 Å². The number of carbonyl (C=O) groups is 1. The van der Waals surface area contributed by atoms with Gasteiger partial charge in [-0.25, -0.2) is 4.98 Å². The van der Waals surface area contributed by atoms with Gasteiger partial charge in [0.2, 0.25) is 0 Å². The van der Waals surface area contributed by atoms with Gasteiger partial charge >= 0.3 is 0 Å². The lowest BCUT2D eigenvalue weighted by molar-refractivity contribution is 0.102. The third kappa shape index (κ3) is 2.87. The molecule has 0 saturated heterocycles. The number of halogens is 1. The van der Waals surface area contributed by atoms with Crippen LogP contribution in [-0.2, 0) is 0 Å². The maximum absolute atomic E-state index is 12.1. The van der Waals surface area contributed by atoms with Gasteiger partial charge in [-0.2, -0.15) is 0 Å². The van der Waals surface area contributed by atoms with Crippen LogP contribution in [-0.4, -0.2) is 18.0 Å². The molecule has 92 valence electrons. The van der Waals surface area contributed by atoms with Gasteiger partial charge in [0.15, 0.2) is 0 Å². The molecule has 0 aliphatic heterocycles. The highest BCUT2D eigenvalue weighted by Crippen LogP contribution is 2.24. The summed E-state index contributed by atoms with van der Waals surface area (Å²) in [4.78, 5) is 16.1. The molecule has 1 aromatic heterocycles. The van der Waals surface area contributed by atoms with Gasteiger partial charge in [-0.05, 0) is 30.3 Å². The predicted octanol–water partition coefficient (Wildman–Crippen LogP) is 3.11. The fourth-order valence-electron chi connectivity index (χ4n) is 1.47. The van der Waals surface area contributed by atoms with Crippen molar-refractivity contribution in [1.82, 2.24) is 4.98 Å². The number of aromatic nitrogens is 1. The molecule has 1 amide bonds. The normalized spacial score (nSPS) is 9.89. The number of hydrogen-bond acceptors (Lipinski definition) is 3. The summed E-state index contributed by atoms with van der Waals surface area (Å²) in [6, 6.07) is 10.5. The van der Waals surface area contributed by atoms with Crippen LogP contribution in [0.1, 0.15) is 10.4 Å². The molecule has 18 heavy (non-hydrogen) atoms. The minimum absolute atomic E-state index is 0.252.